The minimum absolute atomic E-state index is 0.00383. The van der Waals surface area contributed by atoms with Gasteiger partial charge in [0.05, 0.1) is 16.1 Å². The fourth-order valence-electron chi connectivity index (χ4n) is 2.82. The normalized spacial score (nSPS) is 18.1. The van der Waals surface area contributed by atoms with E-state index in [1.807, 2.05) is 27.7 Å². The Labute approximate surface area is 175 Å². The van der Waals surface area contributed by atoms with Crippen LogP contribution in [0, 0.1) is 11.6 Å². The first kappa shape index (κ1) is 22.7. The average Bonchev–Trinajstić information content (AvgIpc) is 2.84. The minimum atomic E-state index is -3.75. The lowest BCUT2D eigenvalue weighted by atomic mass is 9.78. The third kappa shape index (κ3) is 4.09. The van der Waals surface area contributed by atoms with Crippen LogP contribution >= 0.6 is 0 Å². The standard InChI is InChI=1S/C20H24BF2NO5S/c1-19(2)20(3,4)29-21(28-19)15-12-14(30(25,26)24(5)6)8-10-17(15)27-18-9-7-13(22)11-16(18)23/h7-12H,1-6H3. The van der Waals surface area contributed by atoms with E-state index in [0.717, 1.165) is 16.4 Å². The quantitative estimate of drug-likeness (QED) is 0.669. The summed E-state index contributed by atoms with van der Waals surface area (Å²) in [5.74, 6) is -1.70. The van der Waals surface area contributed by atoms with Crippen LogP contribution in [0.25, 0.3) is 0 Å². The number of nitrogens with zero attached hydrogens (tertiary/aromatic N) is 1. The van der Waals surface area contributed by atoms with Crippen LogP contribution in [0.3, 0.4) is 0 Å². The molecule has 1 saturated heterocycles. The van der Waals surface area contributed by atoms with Crippen molar-refractivity contribution < 1.29 is 31.2 Å². The zero-order valence-electron chi connectivity index (χ0n) is 17.7. The molecule has 162 valence electrons. The Morgan fingerprint density at radius 3 is 2.03 bits per heavy atom. The van der Waals surface area contributed by atoms with Crippen LogP contribution in [0.2, 0.25) is 0 Å². The molecule has 0 amide bonds. The first-order chi connectivity index (χ1) is 13.7. The van der Waals surface area contributed by atoms with Gasteiger partial charge in [0.1, 0.15) is 11.6 Å². The predicted octanol–water partition coefficient (Wildman–Crippen LogP) is 3.31. The van der Waals surface area contributed by atoms with E-state index in [1.54, 1.807) is 0 Å². The summed E-state index contributed by atoms with van der Waals surface area (Å²) < 4.78 is 71.4. The summed E-state index contributed by atoms with van der Waals surface area (Å²) >= 11 is 0. The number of ether oxygens (including phenoxy) is 1. The zero-order chi connectivity index (χ0) is 22.5. The van der Waals surface area contributed by atoms with Gasteiger partial charge in [0, 0.05) is 25.6 Å². The Morgan fingerprint density at radius 2 is 1.50 bits per heavy atom. The van der Waals surface area contributed by atoms with Gasteiger partial charge in [-0.15, -0.1) is 0 Å². The highest BCUT2D eigenvalue weighted by Crippen LogP contribution is 2.38. The van der Waals surface area contributed by atoms with E-state index in [2.05, 4.69) is 0 Å². The second-order valence-corrected chi connectivity index (χ2v) is 10.4. The highest BCUT2D eigenvalue weighted by atomic mass is 32.2. The van der Waals surface area contributed by atoms with Crippen molar-refractivity contribution in [1.29, 1.82) is 0 Å². The summed E-state index contributed by atoms with van der Waals surface area (Å²) in [7, 11) is -1.86. The number of benzene rings is 2. The molecule has 2 aromatic rings. The molecule has 1 aliphatic heterocycles. The summed E-state index contributed by atoms with van der Waals surface area (Å²) in [5.41, 5.74) is -1.10. The highest BCUT2D eigenvalue weighted by Gasteiger charge is 2.52. The Hall–Kier alpha value is -2.01. The zero-order valence-corrected chi connectivity index (χ0v) is 18.5. The molecule has 10 heteroatoms. The van der Waals surface area contributed by atoms with Crippen molar-refractivity contribution in [2.75, 3.05) is 14.1 Å². The maximum Gasteiger partial charge on any atom is 0.498 e. The first-order valence-corrected chi connectivity index (χ1v) is 10.7. The van der Waals surface area contributed by atoms with Gasteiger partial charge in [-0.1, -0.05) is 0 Å². The van der Waals surface area contributed by atoms with Gasteiger partial charge in [-0.2, -0.15) is 0 Å². The van der Waals surface area contributed by atoms with E-state index < -0.39 is 40.0 Å². The fourth-order valence-corrected chi connectivity index (χ4v) is 3.76. The third-order valence-corrected chi connectivity index (χ3v) is 7.19. The van der Waals surface area contributed by atoms with E-state index in [4.69, 9.17) is 14.0 Å². The van der Waals surface area contributed by atoms with Crippen LogP contribution in [0.5, 0.6) is 11.5 Å². The molecule has 1 aliphatic rings. The highest BCUT2D eigenvalue weighted by molar-refractivity contribution is 7.89. The number of hydrogen-bond acceptors (Lipinski definition) is 5. The van der Waals surface area contributed by atoms with E-state index in [1.165, 1.54) is 32.3 Å². The van der Waals surface area contributed by atoms with E-state index >= 15 is 0 Å². The maximum absolute atomic E-state index is 14.1. The van der Waals surface area contributed by atoms with Crippen molar-refractivity contribution in [2.24, 2.45) is 0 Å². The van der Waals surface area contributed by atoms with Crippen LogP contribution in [0.4, 0.5) is 8.78 Å². The van der Waals surface area contributed by atoms with Gasteiger partial charge in [-0.3, -0.25) is 0 Å². The smallest absolute Gasteiger partial charge is 0.455 e. The van der Waals surface area contributed by atoms with E-state index in [-0.39, 0.29) is 21.9 Å². The SMILES string of the molecule is CN(C)S(=O)(=O)c1ccc(Oc2ccc(F)cc2F)c(B2OC(C)(C)C(C)(C)O2)c1. The Morgan fingerprint density at radius 1 is 0.933 bits per heavy atom. The molecular weight excluding hydrogens is 415 g/mol. The molecule has 0 N–H and O–H groups in total. The topological polar surface area (TPSA) is 65.1 Å². The lowest BCUT2D eigenvalue weighted by molar-refractivity contribution is 0.00578. The Balaban J connectivity index is 2.10. The molecule has 0 spiro atoms. The molecule has 2 aromatic carbocycles. The van der Waals surface area contributed by atoms with Gasteiger partial charge in [-0.05, 0) is 58.0 Å². The van der Waals surface area contributed by atoms with Crippen LogP contribution < -0.4 is 10.2 Å². The molecule has 6 nitrogen and oxygen atoms in total. The lowest BCUT2D eigenvalue weighted by Crippen LogP contribution is -2.41. The number of sulfonamides is 1. The monoisotopic (exact) mass is 439 g/mol. The van der Waals surface area contributed by atoms with Crippen molar-refractivity contribution in [3.8, 4) is 11.5 Å². The minimum Gasteiger partial charge on any atom is -0.455 e. The van der Waals surface area contributed by atoms with Gasteiger partial charge in [0.2, 0.25) is 10.0 Å². The second-order valence-electron chi connectivity index (χ2n) is 8.25. The van der Waals surface area contributed by atoms with Gasteiger partial charge in [0.25, 0.3) is 0 Å². The molecule has 0 unspecified atom stereocenters. The van der Waals surface area contributed by atoms with Crippen LogP contribution in [0.15, 0.2) is 41.3 Å². The second kappa shape index (κ2) is 7.60. The molecule has 0 aromatic heterocycles. The molecule has 1 heterocycles. The van der Waals surface area contributed by atoms with Crippen LogP contribution in [-0.4, -0.2) is 45.1 Å². The van der Waals surface area contributed by atoms with Gasteiger partial charge in [-0.25, -0.2) is 21.5 Å². The molecule has 0 radical (unpaired) electrons. The Kier molecular flexibility index (Phi) is 5.74. The summed E-state index contributed by atoms with van der Waals surface area (Å²) in [6.45, 7) is 7.42. The Bertz CT molecular complexity index is 1060. The number of halogens is 2. The molecule has 0 atom stereocenters. The van der Waals surface area contributed by atoms with E-state index in [0.29, 0.717) is 6.07 Å². The fraction of sp³-hybridized carbons (Fsp3) is 0.400. The third-order valence-electron chi connectivity index (χ3n) is 5.38. The van der Waals surface area contributed by atoms with Gasteiger partial charge in [0.15, 0.2) is 11.6 Å². The summed E-state index contributed by atoms with van der Waals surface area (Å²) in [6.07, 6.45) is 0. The maximum atomic E-state index is 14.1. The molecule has 0 aliphatic carbocycles. The van der Waals surface area contributed by atoms with Gasteiger partial charge < -0.3 is 14.0 Å². The summed E-state index contributed by atoms with van der Waals surface area (Å²) in [6, 6.07) is 7.06. The van der Waals surface area contributed by atoms with E-state index in [9.17, 15) is 17.2 Å². The lowest BCUT2D eigenvalue weighted by Gasteiger charge is -2.32. The predicted molar refractivity (Wildman–Crippen MR) is 109 cm³/mol. The van der Waals surface area contributed by atoms with Crippen LogP contribution in [0.1, 0.15) is 27.7 Å². The number of hydrogen-bond donors (Lipinski definition) is 0. The molecule has 1 fully saturated rings. The molecule has 0 bridgehead atoms. The largest absolute Gasteiger partial charge is 0.498 e. The van der Waals surface area contributed by atoms with Gasteiger partial charge >= 0.3 is 7.12 Å². The summed E-state index contributed by atoms with van der Waals surface area (Å²) in [4.78, 5) is 0.00383. The van der Waals surface area contributed by atoms with Crippen LogP contribution in [-0.2, 0) is 19.3 Å². The van der Waals surface area contributed by atoms with Crippen molar-refractivity contribution in [3.05, 3.63) is 48.0 Å². The molecule has 0 saturated carbocycles. The molecular formula is C20H24BF2NO5S. The molecule has 3 rings (SSSR count). The molecule has 30 heavy (non-hydrogen) atoms. The summed E-state index contributed by atoms with van der Waals surface area (Å²) in [5, 5.41) is 0. The average molecular weight is 439 g/mol. The first-order valence-electron chi connectivity index (χ1n) is 9.30. The number of rotatable bonds is 5. The van der Waals surface area contributed by atoms with Crippen molar-refractivity contribution in [2.45, 2.75) is 43.8 Å². The van der Waals surface area contributed by atoms with Crippen molar-refractivity contribution in [1.82, 2.24) is 4.31 Å². The van der Waals surface area contributed by atoms with Crippen molar-refractivity contribution in [3.63, 3.8) is 0 Å². The van der Waals surface area contributed by atoms with Crippen molar-refractivity contribution >= 4 is 22.6 Å².